The molecule has 1 aliphatic heterocycles. The molecule has 24 heavy (non-hydrogen) atoms. The highest BCUT2D eigenvalue weighted by Crippen LogP contribution is 2.01. The van der Waals surface area contributed by atoms with E-state index in [1.165, 1.54) is 5.98 Å². The first-order valence-electron chi connectivity index (χ1n) is 8.02. The fourth-order valence-electron chi connectivity index (χ4n) is 1.81. The van der Waals surface area contributed by atoms with Crippen LogP contribution in [0.4, 0.5) is 0 Å². The number of unbranched alkanes of at least 4 members (excludes halogenated alkanes) is 1. The normalized spacial score (nSPS) is 18.2. The fourth-order valence-corrected chi connectivity index (χ4v) is 1.81. The van der Waals surface area contributed by atoms with Crippen LogP contribution < -0.4 is 0 Å². The zero-order chi connectivity index (χ0) is 17.6. The van der Waals surface area contributed by atoms with E-state index in [9.17, 15) is 9.59 Å². The van der Waals surface area contributed by atoms with Gasteiger partial charge < -0.3 is 9.31 Å². The second-order valence-corrected chi connectivity index (χ2v) is 5.28. The van der Waals surface area contributed by atoms with Gasteiger partial charge in [0.15, 0.2) is 0 Å². The lowest BCUT2D eigenvalue weighted by Crippen LogP contribution is -2.41. The Kier molecular flexibility index (Phi) is 9.96. The molecule has 0 atom stereocenters. The summed E-state index contributed by atoms with van der Waals surface area (Å²) in [6, 6.07) is 0. The van der Waals surface area contributed by atoms with E-state index in [-0.39, 0.29) is 13.1 Å². The number of hydrogen-bond donors (Lipinski definition) is 0. The third-order valence-electron chi connectivity index (χ3n) is 2.93. The molecule has 6 heteroatoms. The first-order valence-corrected chi connectivity index (χ1v) is 8.02. The largest absolute Gasteiger partial charge is 0.628 e. The third kappa shape index (κ3) is 9.64. The van der Waals surface area contributed by atoms with E-state index < -0.39 is 19.1 Å². The van der Waals surface area contributed by atoms with Crippen LogP contribution in [0.5, 0.6) is 0 Å². The predicted octanol–water partition coefficient (Wildman–Crippen LogP) is 2.63. The van der Waals surface area contributed by atoms with Crippen molar-refractivity contribution in [2.75, 3.05) is 20.1 Å². The van der Waals surface area contributed by atoms with Gasteiger partial charge in [0, 0.05) is 0 Å². The summed E-state index contributed by atoms with van der Waals surface area (Å²) in [5.41, 5.74) is 0. The number of carbonyl (C=O) groups is 2. The Morgan fingerprint density at radius 2 is 1.42 bits per heavy atom. The molecule has 0 saturated carbocycles. The van der Waals surface area contributed by atoms with Gasteiger partial charge >= 0.3 is 19.1 Å². The number of likely N-dealkylation sites (N-methyl/N-ethyl adjacent to an activating group) is 1. The lowest BCUT2D eigenvalue weighted by atomic mass is 9.89. The molecule has 0 N–H and O–H groups in total. The van der Waals surface area contributed by atoms with Crippen molar-refractivity contribution >= 4 is 19.1 Å². The van der Waals surface area contributed by atoms with Crippen molar-refractivity contribution in [1.82, 2.24) is 4.90 Å². The van der Waals surface area contributed by atoms with Crippen LogP contribution in [0.25, 0.3) is 0 Å². The summed E-state index contributed by atoms with van der Waals surface area (Å²) in [4.78, 5) is 24.6. The molecule has 5 nitrogen and oxygen atoms in total. The molecule has 1 rings (SSSR count). The molecule has 1 heterocycles. The maximum Gasteiger partial charge on any atom is 0.628 e. The predicted molar refractivity (Wildman–Crippen MR) is 96.0 cm³/mol. The summed E-state index contributed by atoms with van der Waals surface area (Å²) >= 11 is 0. The van der Waals surface area contributed by atoms with Gasteiger partial charge in [-0.2, -0.15) is 0 Å². The van der Waals surface area contributed by atoms with Crippen LogP contribution in [-0.2, 0) is 18.9 Å². The van der Waals surface area contributed by atoms with Gasteiger partial charge in [-0.25, -0.2) is 0 Å². The molecule has 0 amide bonds. The van der Waals surface area contributed by atoms with Gasteiger partial charge in [0.1, 0.15) is 0 Å². The number of nitrogens with zero attached hydrogens (tertiary/aromatic N) is 1. The van der Waals surface area contributed by atoms with E-state index in [1.807, 2.05) is 36.5 Å². The van der Waals surface area contributed by atoms with E-state index in [2.05, 4.69) is 13.0 Å². The number of carbonyl (C=O) groups excluding carboxylic acids is 2. The molecule has 1 fully saturated rings. The average Bonchev–Trinajstić information content (AvgIpc) is 2.50. The molecule has 1 saturated heterocycles. The molecule has 0 spiro atoms. The van der Waals surface area contributed by atoms with Crippen molar-refractivity contribution in [3.05, 3.63) is 60.7 Å². The van der Waals surface area contributed by atoms with E-state index in [4.69, 9.17) is 9.31 Å². The highest BCUT2D eigenvalue weighted by Gasteiger charge is 2.28. The van der Waals surface area contributed by atoms with E-state index >= 15 is 0 Å². The first kappa shape index (κ1) is 19.7. The number of allylic oxidation sites excluding steroid dienone is 9. The van der Waals surface area contributed by atoms with Crippen molar-refractivity contribution in [1.29, 1.82) is 0 Å². The highest BCUT2D eigenvalue weighted by molar-refractivity contribution is 6.54. The first-order chi connectivity index (χ1) is 11.6. The van der Waals surface area contributed by atoms with Gasteiger partial charge in [-0.05, 0) is 19.4 Å². The fraction of sp³-hybridized carbons (Fsp3) is 0.333. The molecule has 0 unspecified atom stereocenters. The zero-order valence-electron chi connectivity index (χ0n) is 14.3. The average molecular weight is 329 g/mol. The highest BCUT2D eigenvalue weighted by atomic mass is 16.6. The Hall–Kier alpha value is -2.34. The van der Waals surface area contributed by atoms with Crippen LogP contribution >= 0.6 is 0 Å². The molecule has 0 aromatic rings. The van der Waals surface area contributed by atoms with Gasteiger partial charge in [0.2, 0.25) is 0 Å². The minimum Gasteiger partial charge on any atom is -0.495 e. The van der Waals surface area contributed by atoms with Crippen molar-refractivity contribution in [2.24, 2.45) is 0 Å². The van der Waals surface area contributed by atoms with Crippen LogP contribution in [0.2, 0.25) is 0 Å². The second kappa shape index (κ2) is 12.1. The van der Waals surface area contributed by atoms with Crippen LogP contribution in [0.15, 0.2) is 60.7 Å². The third-order valence-corrected chi connectivity index (χ3v) is 2.93. The van der Waals surface area contributed by atoms with Crippen LogP contribution in [0.1, 0.15) is 19.8 Å². The molecule has 0 aromatic carbocycles. The standard InChI is InChI=1S/C18H24BNO4/c1-3-4-5-6-7-8-9-10-11-12-13-14-19-23-17(21)15-20(2)16-18(22)24-19/h5-14H,3-4,15-16H2,1-2H3/b6-5+,8-7+,10-9+,12-11-,14-13-. The Labute approximate surface area is 144 Å². The van der Waals surface area contributed by atoms with Crippen molar-refractivity contribution < 1.29 is 18.9 Å². The van der Waals surface area contributed by atoms with E-state index in [1.54, 1.807) is 24.1 Å². The van der Waals surface area contributed by atoms with Gasteiger partial charge in [0.25, 0.3) is 0 Å². The number of hydrogen-bond acceptors (Lipinski definition) is 5. The van der Waals surface area contributed by atoms with Gasteiger partial charge in [-0.1, -0.05) is 68.0 Å². The SMILES string of the molecule is CCC/C=C/C=C/C=C/C=C\C=C/B1OC(=O)CN(C)CC(=O)O1. The minimum absolute atomic E-state index is 0.0665. The number of rotatable bonds is 7. The molecule has 0 bridgehead atoms. The van der Waals surface area contributed by atoms with Crippen molar-refractivity contribution in [3.63, 3.8) is 0 Å². The summed E-state index contributed by atoms with van der Waals surface area (Å²) in [6.45, 7) is 2.28. The van der Waals surface area contributed by atoms with Crippen LogP contribution in [0.3, 0.4) is 0 Å². The summed E-state index contributed by atoms with van der Waals surface area (Å²) in [6.07, 6.45) is 19.3. The van der Waals surface area contributed by atoms with Gasteiger partial charge in [-0.15, -0.1) is 0 Å². The van der Waals surface area contributed by atoms with E-state index in [0.29, 0.717) is 0 Å². The quantitative estimate of drug-likeness (QED) is 0.531. The monoisotopic (exact) mass is 329 g/mol. The molecule has 0 aromatic heterocycles. The van der Waals surface area contributed by atoms with E-state index in [0.717, 1.165) is 12.8 Å². The summed E-state index contributed by atoms with van der Waals surface area (Å²) in [5, 5.41) is 0. The Bertz CT molecular complexity index is 529. The molecule has 0 radical (unpaired) electrons. The molecule has 0 aliphatic carbocycles. The zero-order valence-corrected chi connectivity index (χ0v) is 14.3. The molecule has 128 valence electrons. The van der Waals surface area contributed by atoms with Gasteiger partial charge in [0.05, 0.1) is 13.1 Å². The molecular weight excluding hydrogens is 305 g/mol. The summed E-state index contributed by atoms with van der Waals surface area (Å²) in [5.74, 6) is 0.670. The maximum absolute atomic E-state index is 11.5. The lowest BCUT2D eigenvalue weighted by Gasteiger charge is -2.20. The summed E-state index contributed by atoms with van der Waals surface area (Å²) in [7, 11) is 0.679. The Morgan fingerprint density at radius 1 is 0.917 bits per heavy atom. The lowest BCUT2D eigenvalue weighted by molar-refractivity contribution is -0.145. The Morgan fingerprint density at radius 3 is 1.96 bits per heavy atom. The molecule has 1 aliphatic rings. The summed E-state index contributed by atoms with van der Waals surface area (Å²) < 4.78 is 10.1. The van der Waals surface area contributed by atoms with Crippen LogP contribution in [0, 0.1) is 0 Å². The second-order valence-electron chi connectivity index (χ2n) is 5.28. The van der Waals surface area contributed by atoms with Crippen molar-refractivity contribution in [2.45, 2.75) is 19.8 Å². The van der Waals surface area contributed by atoms with Crippen LogP contribution in [-0.4, -0.2) is 44.1 Å². The maximum atomic E-state index is 11.5. The molecular formula is C18H24BNO4. The van der Waals surface area contributed by atoms with Gasteiger partial charge in [-0.3, -0.25) is 14.5 Å². The minimum atomic E-state index is -0.976. The Balaban J connectivity index is 2.39. The smallest absolute Gasteiger partial charge is 0.495 e. The topological polar surface area (TPSA) is 55.8 Å². The van der Waals surface area contributed by atoms with Crippen molar-refractivity contribution in [3.8, 4) is 0 Å².